The van der Waals surface area contributed by atoms with E-state index >= 15 is 0 Å². The van der Waals surface area contributed by atoms with E-state index in [1.165, 1.54) is 23.5 Å². The maximum absolute atomic E-state index is 12.2. The molecule has 0 saturated carbocycles. The summed E-state index contributed by atoms with van der Waals surface area (Å²) in [7, 11) is 0. The lowest BCUT2D eigenvalue weighted by atomic mass is 10.0. The van der Waals surface area contributed by atoms with Crippen LogP contribution in [0.5, 0.6) is 0 Å². The van der Waals surface area contributed by atoms with E-state index in [2.05, 4.69) is 10.3 Å². The van der Waals surface area contributed by atoms with Crippen LogP contribution in [0.4, 0.5) is 10.8 Å². The van der Waals surface area contributed by atoms with Crippen molar-refractivity contribution in [1.29, 1.82) is 0 Å². The van der Waals surface area contributed by atoms with Crippen LogP contribution >= 0.6 is 11.3 Å². The zero-order valence-electron chi connectivity index (χ0n) is 13.2. The molecule has 0 radical (unpaired) electrons. The van der Waals surface area contributed by atoms with Gasteiger partial charge in [0.1, 0.15) is 0 Å². The molecule has 122 valence electrons. The van der Waals surface area contributed by atoms with Gasteiger partial charge in [-0.25, -0.2) is 4.98 Å². The molecular weight excluding hydrogens is 326 g/mol. The first-order chi connectivity index (χ1) is 11.4. The second-order valence-corrected chi connectivity index (χ2v) is 6.61. The number of nitrogens with zero attached hydrogens (tertiary/aromatic N) is 2. The minimum atomic E-state index is -0.461. The standard InChI is InChI=1S/C17H15N3O3S/c1-10-3-4-11(2)12(7-10)8-16(21)19-17-18-14-9-13(20(22)23)5-6-15(14)24-17/h3-7,9H,8H2,1-2H3,(H,18,19,21). The molecule has 0 atom stereocenters. The highest BCUT2D eigenvalue weighted by Gasteiger charge is 2.13. The van der Waals surface area contributed by atoms with Crippen LogP contribution in [0.3, 0.4) is 0 Å². The molecule has 0 aliphatic carbocycles. The average molecular weight is 341 g/mol. The molecule has 1 heterocycles. The summed E-state index contributed by atoms with van der Waals surface area (Å²) < 4.78 is 0.794. The molecule has 2 aromatic carbocycles. The number of rotatable bonds is 4. The first-order valence-electron chi connectivity index (χ1n) is 7.33. The number of anilines is 1. The van der Waals surface area contributed by atoms with E-state index in [-0.39, 0.29) is 18.0 Å². The lowest BCUT2D eigenvalue weighted by molar-refractivity contribution is -0.384. The third-order valence-electron chi connectivity index (χ3n) is 3.68. The average Bonchev–Trinajstić information content (AvgIpc) is 2.91. The van der Waals surface area contributed by atoms with Crippen LogP contribution in [0.1, 0.15) is 16.7 Å². The number of aryl methyl sites for hydroxylation is 2. The molecular formula is C17H15N3O3S. The molecule has 0 aliphatic rings. The second kappa shape index (κ2) is 6.37. The van der Waals surface area contributed by atoms with Crippen molar-refractivity contribution >= 4 is 38.3 Å². The molecule has 0 bridgehead atoms. The Morgan fingerprint density at radius 3 is 2.79 bits per heavy atom. The Bertz CT molecular complexity index is 949. The van der Waals surface area contributed by atoms with Crippen LogP contribution < -0.4 is 5.32 Å². The Morgan fingerprint density at radius 1 is 1.25 bits per heavy atom. The maximum atomic E-state index is 12.2. The number of fused-ring (bicyclic) bond motifs is 1. The van der Waals surface area contributed by atoms with E-state index in [9.17, 15) is 14.9 Å². The lowest BCUT2D eigenvalue weighted by Gasteiger charge is -2.06. The van der Waals surface area contributed by atoms with Gasteiger partial charge < -0.3 is 5.32 Å². The number of thiazole rings is 1. The molecule has 0 saturated heterocycles. The van der Waals surface area contributed by atoms with Crippen LogP contribution in [0.25, 0.3) is 10.2 Å². The molecule has 3 aromatic rings. The van der Waals surface area contributed by atoms with Gasteiger partial charge in [0.15, 0.2) is 5.13 Å². The number of nitro benzene ring substituents is 1. The summed E-state index contributed by atoms with van der Waals surface area (Å²) in [6.07, 6.45) is 0.267. The Balaban J connectivity index is 1.78. The van der Waals surface area contributed by atoms with E-state index in [1.807, 2.05) is 32.0 Å². The number of nitro groups is 1. The summed E-state index contributed by atoms with van der Waals surface area (Å²) >= 11 is 1.30. The van der Waals surface area contributed by atoms with Crippen LogP contribution in [0.15, 0.2) is 36.4 Å². The number of aromatic nitrogens is 1. The van der Waals surface area contributed by atoms with E-state index in [1.54, 1.807) is 6.07 Å². The van der Waals surface area contributed by atoms with Crippen molar-refractivity contribution in [1.82, 2.24) is 4.98 Å². The number of benzene rings is 2. The summed E-state index contributed by atoms with van der Waals surface area (Å²) in [5, 5.41) is 14.0. The smallest absolute Gasteiger partial charge is 0.271 e. The number of amides is 1. The van der Waals surface area contributed by atoms with Crippen LogP contribution in [-0.2, 0) is 11.2 Å². The summed E-state index contributed by atoms with van der Waals surface area (Å²) in [5.41, 5.74) is 3.65. The van der Waals surface area contributed by atoms with E-state index in [4.69, 9.17) is 0 Å². The first-order valence-corrected chi connectivity index (χ1v) is 8.15. The van der Waals surface area contributed by atoms with E-state index in [0.29, 0.717) is 10.6 Å². The van der Waals surface area contributed by atoms with Crippen molar-refractivity contribution < 1.29 is 9.72 Å². The van der Waals surface area contributed by atoms with Gasteiger partial charge in [-0.2, -0.15) is 0 Å². The zero-order valence-corrected chi connectivity index (χ0v) is 14.0. The van der Waals surface area contributed by atoms with Crippen molar-refractivity contribution in [3.63, 3.8) is 0 Å². The van der Waals surface area contributed by atoms with Crippen molar-refractivity contribution in [3.8, 4) is 0 Å². The number of nitrogens with one attached hydrogen (secondary N) is 1. The molecule has 0 unspecified atom stereocenters. The molecule has 1 aromatic heterocycles. The largest absolute Gasteiger partial charge is 0.302 e. The minimum Gasteiger partial charge on any atom is -0.302 e. The number of carbonyl (C=O) groups excluding carboxylic acids is 1. The van der Waals surface area contributed by atoms with Gasteiger partial charge in [-0.1, -0.05) is 35.1 Å². The Hall–Kier alpha value is -2.80. The Morgan fingerprint density at radius 2 is 2.04 bits per heavy atom. The second-order valence-electron chi connectivity index (χ2n) is 5.58. The van der Waals surface area contributed by atoms with Gasteiger partial charge in [0, 0.05) is 12.1 Å². The quantitative estimate of drug-likeness (QED) is 0.574. The highest BCUT2D eigenvalue weighted by Crippen LogP contribution is 2.29. The van der Waals surface area contributed by atoms with Crippen molar-refractivity contribution in [2.75, 3.05) is 5.32 Å². The van der Waals surface area contributed by atoms with E-state index in [0.717, 1.165) is 21.4 Å². The number of carbonyl (C=O) groups is 1. The maximum Gasteiger partial charge on any atom is 0.271 e. The Labute approximate surface area is 142 Å². The number of hydrogen-bond acceptors (Lipinski definition) is 5. The topological polar surface area (TPSA) is 85.1 Å². The molecule has 6 nitrogen and oxygen atoms in total. The van der Waals surface area contributed by atoms with Gasteiger partial charge >= 0.3 is 0 Å². The lowest BCUT2D eigenvalue weighted by Crippen LogP contribution is -2.14. The normalized spacial score (nSPS) is 10.8. The first kappa shape index (κ1) is 16.1. The van der Waals surface area contributed by atoms with Gasteiger partial charge in [0.25, 0.3) is 5.69 Å². The summed E-state index contributed by atoms with van der Waals surface area (Å²) in [6.45, 7) is 3.96. The van der Waals surface area contributed by atoms with Crippen molar-refractivity contribution in [2.45, 2.75) is 20.3 Å². The van der Waals surface area contributed by atoms with Gasteiger partial charge in [0.05, 0.1) is 21.6 Å². The number of hydrogen-bond donors (Lipinski definition) is 1. The molecule has 3 rings (SSSR count). The molecule has 0 spiro atoms. The zero-order chi connectivity index (χ0) is 17.3. The highest BCUT2D eigenvalue weighted by molar-refractivity contribution is 7.22. The third kappa shape index (κ3) is 3.41. The van der Waals surface area contributed by atoms with Gasteiger partial charge in [-0.15, -0.1) is 0 Å². The van der Waals surface area contributed by atoms with E-state index < -0.39 is 4.92 Å². The number of non-ortho nitro benzene ring substituents is 1. The van der Waals surface area contributed by atoms with Crippen LogP contribution in [-0.4, -0.2) is 15.8 Å². The molecule has 24 heavy (non-hydrogen) atoms. The summed E-state index contributed by atoms with van der Waals surface area (Å²) in [6, 6.07) is 10.5. The van der Waals surface area contributed by atoms with Crippen LogP contribution in [0, 0.1) is 24.0 Å². The van der Waals surface area contributed by atoms with Gasteiger partial charge in [0.2, 0.25) is 5.91 Å². The fourth-order valence-electron chi connectivity index (χ4n) is 2.41. The molecule has 0 fully saturated rings. The SMILES string of the molecule is Cc1ccc(C)c(CC(=O)Nc2nc3cc([N+](=O)[O-])ccc3s2)c1. The summed E-state index contributed by atoms with van der Waals surface area (Å²) in [4.78, 5) is 26.8. The fraction of sp³-hybridized carbons (Fsp3) is 0.176. The van der Waals surface area contributed by atoms with Crippen molar-refractivity contribution in [3.05, 3.63) is 63.2 Å². The van der Waals surface area contributed by atoms with Crippen LogP contribution in [0.2, 0.25) is 0 Å². The minimum absolute atomic E-state index is 0.0129. The van der Waals surface area contributed by atoms with Gasteiger partial charge in [-0.05, 0) is 31.0 Å². The highest BCUT2D eigenvalue weighted by atomic mass is 32.1. The van der Waals surface area contributed by atoms with Crippen molar-refractivity contribution in [2.24, 2.45) is 0 Å². The fourth-order valence-corrected chi connectivity index (χ4v) is 3.27. The van der Waals surface area contributed by atoms with Gasteiger partial charge in [-0.3, -0.25) is 14.9 Å². The summed E-state index contributed by atoms with van der Waals surface area (Å²) in [5.74, 6) is -0.155. The monoisotopic (exact) mass is 341 g/mol. The molecule has 1 N–H and O–H groups in total. The molecule has 0 aliphatic heterocycles. The predicted molar refractivity (Wildman–Crippen MR) is 94.5 cm³/mol. The third-order valence-corrected chi connectivity index (χ3v) is 4.64. The molecule has 7 heteroatoms. The Kier molecular flexibility index (Phi) is 4.26. The predicted octanol–water partition coefficient (Wildman–Crippen LogP) is 4.00. The molecule has 1 amide bonds.